The minimum absolute atomic E-state index is 0.222. The maximum absolute atomic E-state index is 10.3. The highest BCUT2D eigenvalue weighted by atomic mass is 16.4. The van der Waals surface area contributed by atoms with Crippen LogP contribution in [-0.2, 0) is 4.79 Å². The Kier molecular flexibility index (Phi) is 12.0. The molecule has 4 heteroatoms. The van der Waals surface area contributed by atoms with Gasteiger partial charge in [-0.25, -0.2) is 4.79 Å². The zero-order valence-electron chi connectivity index (χ0n) is 11.4. The summed E-state index contributed by atoms with van der Waals surface area (Å²) in [5.41, 5.74) is 1.41. The highest BCUT2D eigenvalue weighted by Gasteiger charge is 1.98. The summed E-state index contributed by atoms with van der Waals surface area (Å²) in [6.45, 7) is 7.77. The van der Waals surface area contributed by atoms with E-state index in [0.717, 1.165) is 5.56 Å². The molecule has 0 saturated carbocycles. The molecule has 0 fully saturated rings. The zero-order valence-corrected chi connectivity index (χ0v) is 11.4. The summed E-state index contributed by atoms with van der Waals surface area (Å²) in [5, 5.41) is 16.2. The zero-order chi connectivity index (χ0) is 14.6. The van der Waals surface area contributed by atoms with Gasteiger partial charge in [-0.1, -0.05) is 44.9 Å². The van der Waals surface area contributed by atoms with Crippen molar-refractivity contribution in [2.24, 2.45) is 0 Å². The largest absolute Gasteiger partial charge is 0.481 e. The lowest BCUT2D eigenvalue weighted by molar-refractivity contribution is -0.136. The number of aryl methyl sites for hydroxylation is 1. The molecule has 18 heavy (non-hydrogen) atoms. The van der Waals surface area contributed by atoms with E-state index in [4.69, 9.17) is 10.2 Å². The SMILES string of the molecule is CCC.CCC(=O)O.Cc1ccc(C(=O)O)cc1. The Morgan fingerprint density at radius 2 is 1.33 bits per heavy atom. The number of carbonyl (C=O) groups is 2. The van der Waals surface area contributed by atoms with Crippen LogP contribution in [0.25, 0.3) is 0 Å². The van der Waals surface area contributed by atoms with Gasteiger partial charge in [-0.05, 0) is 19.1 Å². The van der Waals surface area contributed by atoms with Gasteiger partial charge in [0.2, 0.25) is 0 Å². The summed E-state index contributed by atoms with van der Waals surface area (Å²) in [4.78, 5) is 19.7. The van der Waals surface area contributed by atoms with E-state index in [1.165, 1.54) is 6.42 Å². The lowest BCUT2D eigenvalue weighted by Crippen LogP contribution is -1.94. The van der Waals surface area contributed by atoms with Gasteiger partial charge in [0, 0.05) is 6.42 Å². The third-order valence-corrected chi connectivity index (χ3v) is 1.60. The lowest BCUT2D eigenvalue weighted by Gasteiger charge is -1.92. The van der Waals surface area contributed by atoms with E-state index in [1.54, 1.807) is 31.2 Å². The molecule has 1 aromatic rings. The fourth-order valence-corrected chi connectivity index (χ4v) is 0.696. The standard InChI is InChI=1S/C8H8O2.C3H6O2.C3H8/c1-6-2-4-7(5-3-6)8(9)10;1-2-3(4)5;1-3-2/h2-5H,1H3,(H,9,10);2H2,1H3,(H,4,5);3H2,1-2H3. The summed E-state index contributed by atoms with van der Waals surface area (Å²) >= 11 is 0. The first-order chi connectivity index (χ1) is 8.38. The van der Waals surface area contributed by atoms with Crippen molar-refractivity contribution in [3.8, 4) is 0 Å². The van der Waals surface area contributed by atoms with Gasteiger partial charge >= 0.3 is 11.9 Å². The summed E-state index contributed by atoms with van der Waals surface area (Å²) < 4.78 is 0. The average molecular weight is 254 g/mol. The van der Waals surface area contributed by atoms with Crippen LogP contribution in [-0.4, -0.2) is 22.2 Å². The van der Waals surface area contributed by atoms with Crippen LogP contribution in [0.2, 0.25) is 0 Å². The fourth-order valence-electron chi connectivity index (χ4n) is 0.696. The monoisotopic (exact) mass is 254 g/mol. The van der Waals surface area contributed by atoms with Crippen LogP contribution >= 0.6 is 0 Å². The Labute approximate surface area is 108 Å². The molecule has 0 bridgehead atoms. The molecular formula is C14H22O4. The normalized spacial score (nSPS) is 8.22. The minimum Gasteiger partial charge on any atom is -0.481 e. The van der Waals surface area contributed by atoms with E-state index in [0.29, 0.717) is 5.56 Å². The minimum atomic E-state index is -0.875. The molecule has 102 valence electrons. The van der Waals surface area contributed by atoms with E-state index in [1.807, 2.05) is 6.92 Å². The molecule has 1 rings (SSSR count). The maximum Gasteiger partial charge on any atom is 0.335 e. The Hall–Kier alpha value is -1.84. The number of aromatic carboxylic acids is 1. The van der Waals surface area contributed by atoms with Crippen LogP contribution in [0.5, 0.6) is 0 Å². The number of hydrogen-bond acceptors (Lipinski definition) is 2. The predicted molar refractivity (Wildman–Crippen MR) is 72.0 cm³/mol. The second-order valence-corrected chi connectivity index (χ2v) is 3.63. The van der Waals surface area contributed by atoms with Crippen molar-refractivity contribution in [1.29, 1.82) is 0 Å². The summed E-state index contributed by atoms with van der Waals surface area (Å²) in [7, 11) is 0. The molecule has 0 heterocycles. The molecule has 0 aromatic heterocycles. The highest BCUT2D eigenvalue weighted by molar-refractivity contribution is 5.87. The Balaban J connectivity index is 0. The molecule has 0 unspecified atom stereocenters. The first-order valence-corrected chi connectivity index (χ1v) is 5.90. The number of rotatable bonds is 2. The van der Waals surface area contributed by atoms with Crippen LogP contribution in [0.4, 0.5) is 0 Å². The molecule has 0 aliphatic heterocycles. The van der Waals surface area contributed by atoms with Crippen LogP contribution < -0.4 is 0 Å². The van der Waals surface area contributed by atoms with Gasteiger partial charge in [0.05, 0.1) is 5.56 Å². The molecule has 2 N–H and O–H groups in total. The van der Waals surface area contributed by atoms with Crippen molar-refractivity contribution in [1.82, 2.24) is 0 Å². The summed E-state index contributed by atoms with van der Waals surface area (Å²) in [5.74, 6) is -1.62. The molecule has 0 atom stereocenters. The third kappa shape index (κ3) is 12.2. The Morgan fingerprint density at radius 3 is 1.56 bits per heavy atom. The Bertz CT molecular complexity index is 341. The highest BCUT2D eigenvalue weighted by Crippen LogP contribution is 2.01. The first-order valence-electron chi connectivity index (χ1n) is 5.90. The van der Waals surface area contributed by atoms with E-state index >= 15 is 0 Å². The number of hydrogen-bond donors (Lipinski definition) is 2. The summed E-state index contributed by atoms with van der Waals surface area (Å²) in [6, 6.07) is 6.75. The van der Waals surface area contributed by atoms with Gasteiger partial charge in [0.15, 0.2) is 0 Å². The fraction of sp³-hybridized carbons (Fsp3) is 0.429. The molecule has 1 aromatic carbocycles. The van der Waals surface area contributed by atoms with Crippen molar-refractivity contribution in [3.05, 3.63) is 35.4 Å². The summed E-state index contributed by atoms with van der Waals surface area (Å²) in [6.07, 6.45) is 1.47. The lowest BCUT2D eigenvalue weighted by atomic mass is 10.2. The smallest absolute Gasteiger partial charge is 0.335 e. The van der Waals surface area contributed by atoms with E-state index in [2.05, 4.69) is 13.8 Å². The first kappa shape index (κ1) is 18.5. The Morgan fingerprint density at radius 1 is 1.00 bits per heavy atom. The van der Waals surface area contributed by atoms with E-state index < -0.39 is 11.9 Å². The number of carboxylic acid groups (broad SMARTS) is 2. The van der Waals surface area contributed by atoms with Crippen molar-refractivity contribution in [2.45, 2.75) is 40.5 Å². The molecule has 4 nitrogen and oxygen atoms in total. The van der Waals surface area contributed by atoms with Crippen molar-refractivity contribution in [2.75, 3.05) is 0 Å². The van der Waals surface area contributed by atoms with Crippen molar-refractivity contribution < 1.29 is 19.8 Å². The van der Waals surface area contributed by atoms with Gasteiger partial charge < -0.3 is 10.2 Å². The predicted octanol–water partition coefficient (Wildman–Crippen LogP) is 3.59. The molecule has 0 radical (unpaired) electrons. The topological polar surface area (TPSA) is 74.6 Å². The van der Waals surface area contributed by atoms with Crippen molar-refractivity contribution in [3.63, 3.8) is 0 Å². The molecular weight excluding hydrogens is 232 g/mol. The molecule has 0 aliphatic rings. The van der Waals surface area contributed by atoms with Gasteiger partial charge in [0.25, 0.3) is 0 Å². The van der Waals surface area contributed by atoms with Gasteiger partial charge in [-0.3, -0.25) is 4.79 Å². The van der Waals surface area contributed by atoms with Crippen LogP contribution in [0.1, 0.15) is 49.5 Å². The van der Waals surface area contributed by atoms with Crippen LogP contribution in [0.15, 0.2) is 24.3 Å². The molecule has 0 spiro atoms. The number of aliphatic carboxylic acids is 1. The van der Waals surface area contributed by atoms with Crippen LogP contribution in [0.3, 0.4) is 0 Å². The van der Waals surface area contributed by atoms with Crippen LogP contribution in [0, 0.1) is 6.92 Å². The molecule has 0 aliphatic carbocycles. The second kappa shape index (κ2) is 11.6. The van der Waals surface area contributed by atoms with Gasteiger partial charge in [-0.15, -0.1) is 0 Å². The second-order valence-electron chi connectivity index (χ2n) is 3.63. The van der Waals surface area contributed by atoms with Gasteiger partial charge in [-0.2, -0.15) is 0 Å². The van der Waals surface area contributed by atoms with Crippen molar-refractivity contribution >= 4 is 11.9 Å². The average Bonchev–Trinajstić information content (AvgIpc) is 2.31. The number of benzene rings is 1. The number of carboxylic acids is 2. The van der Waals surface area contributed by atoms with Gasteiger partial charge in [0.1, 0.15) is 0 Å². The maximum atomic E-state index is 10.3. The third-order valence-electron chi connectivity index (χ3n) is 1.60. The molecule has 0 saturated heterocycles. The van der Waals surface area contributed by atoms with E-state index in [-0.39, 0.29) is 6.42 Å². The van der Waals surface area contributed by atoms with E-state index in [9.17, 15) is 9.59 Å². The molecule has 0 amide bonds. The quantitative estimate of drug-likeness (QED) is 0.845.